The fraction of sp³-hybridized carbons (Fsp3) is 0.367. The summed E-state index contributed by atoms with van der Waals surface area (Å²) in [6, 6.07) is 19.0. The van der Waals surface area contributed by atoms with Gasteiger partial charge in [0.15, 0.2) is 11.2 Å². The topological polar surface area (TPSA) is 53.8 Å². The van der Waals surface area contributed by atoms with Gasteiger partial charge in [-0.1, -0.05) is 60.3 Å². The fourth-order valence-corrected chi connectivity index (χ4v) is 6.68. The van der Waals surface area contributed by atoms with Crippen LogP contribution in [0.5, 0.6) is 0 Å². The van der Waals surface area contributed by atoms with Crippen molar-refractivity contribution in [3.63, 3.8) is 0 Å². The van der Waals surface area contributed by atoms with Crippen LogP contribution in [-0.4, -0.2) is 71.3 Å². The normalized spacial score (nSPS) is 22.1. The first-order chi connectivity index (χ1) is 18.5. The third-order valence-electron chi connectivity index (χ3n) is 7.33. The van der Waals surface area contributed by atoms with Gasteiger partial charge in [0.1, 0.15) is 5.82 Å². The van der Waals surface area contributed by atoms with Gasteiger partial charge < -0.3 is 14.7 Å². The minimum atomic E-state index is -0.211. The SMILES string of the molecule is CC(=Cc1ccccc1)C[NH+]1CC(Sc2nccc(C)n2)CC1C(=O)N1CCN(c2ccccc2F)CC1. The highest BCUT2D eigenvalue weighted by Gasteiger charge is 2.43. The van der Waals surface area contributed by atoms with Gasteiger partial charge in [0.05, 0.1) is 24.0 Å². The van der Waals surface area contributed by atoms with Gasteiger partial charge in [-0.3, -0.25) is 4.79 Å². The second kappa shape index (κ2) is 12.1. The molecule has 3 heterocycles. The number of quaternary nitrogens is 1. The number of aromatic nitrogens is 2. The van der Waals surface area contributed by atoms with E-state index in [1.54, 1.807) is 24.0 Å². The van der Waals surface area contributed by atoms with E-state index in [1.807, 2.05) is 53.1 Å². The molecule has 38 heavy (non-hydrogen) atoms. The second-order valence-electron chi connectivity index (χ2n) is 10.2. The summed E-state index contributed by atoms with van der Waals surface area (Å²) in [6.07, 6.45) is 4.81. The van der Waals surface area contributed by atoms with Crippen molar-refractivity contribution in [1.29, 1.82) is 0 Å². The van der Waals surface area contributed by atoms with Gasteiger partial charge in [-0.15, -0.1) is 0 Å². The second-order valence-corrected chi connectivity index (χ2v) is 11.5. The number of amides is 1. The summed E-state index contributed by atoms with van der Waals surface area (Å²) in [5.41, 5.74) is 4.00. The van der Waals surface area contributed by atoms with Crippen molar-refractivity contribution < 1.29 is 14.1 Å². The molecule has 0 saturated carbocycles. The number of carbonyl (C=O) groups is 1. The summed E-state index contributed by atoms with van der Waals surface area (Å²) < 4.78 is 14.3. The van der Waals surface area contributed by atoms with E-state index in [9.17, 15) is 9.18 Å². The molecule has 2 aliphatic rings. The summed E-state index contributed by atoms with van der Waals surface area (Å²) in [7, 11) is 0. The van der Waals surface area contributed by atoms with Crippen LogP contribution in [0.2, 0.25) is 0 Å². The van der Waals surface area contributed by atoms with E-state index in [0.29, 0.717) is 31.9 Å². The number of piperazine rings is 1. The Bertz CT molecular complexity index is 1280. The van der Waals surface area contributed by atoms with Crippen molar-refractivity contribution in [2.24, 2.45) is 0 Å². The standard InChI is InChI=1S/C30H34FN5OS/c1-22(18-24-8-4-3-5-9-24)20-36-21-25(38-30-32-13-12-23(2)33-30)19-28(36)29(37)35-16-14-34(15-17-35)27-11-7-6-10-26(27)31/h3-13,18,25,28H,14-17,19-21H2,1-2H3/p+1. The maximum Gasteiger partial charge on any atom is 0.281 e. The zero-order chi connectivity index (χ0) is 26.5. The van der Waals surface area contributed by atoms with Crippen molar-refractivity contribution in [3.05, 3.63) is 89.5 Å². The molecule has 2 aromatic carbocycles. The molecule has 3 atom stereocenters. The third kappa shape index (κ3) is 6.42. The van der Waals surface area contributed by atoms with Gasteiger partial charge >= 0.3 is 0 Å². The molecule has 1 N–H and O–H groups in total. The smallest absolute Gasteiger partial charge is 0.281 e. The number of nitrogens with one attached hydrogen (secondary N) is 1. The number of nitrogens with zero attached hydrogens (tertiary/aromatic N) is 4. The van der Waals surface area contributed by atoms with Crippen LogP contribution in [0, 0.1) is 12.7 Å². The Morgan fingerprint density at radius 1 is 1.08 bits per heavy atom. The van der Waals surface area contributed by atoms with Gasteiger partial charge in [-0.25, -0.2) is 14.4 Å². The van der Waals surface area contributed by atoms with Crippen molar-refractivity contribution in [2.75, 3.05) is 44.2 Å². The molecule has 0 spiro atoms. The van der Waals surface area contributed by atoms with E-state index >= 15 is 0 Å². The molecule has 6 nitrogen and oxygen atoms in total. The average molecular weight is 533 g/mol. The quantitative estimate of drug-likeness (QED) is 0.472. The van der Waals surface area contributed by atoms with E-state index in [1.165, 1.54) is 22.1 Å². The highest BCUT2D eigenvalue weighted by atomic mass is 32.2. The molecule has 3 unspecified atom stereocenters. The van der Waals surface area contributed by atoms with Crippen LogP contribution in [0.3, 0.4) is 0 Å². The number of carbonyl (C=O) groups excluding carboxylic acids is 1. The Labute approximate surface area is 228 Å². The minimum Gasteiger partial charge on any atom is -0.366 e. The number of thioether (sulfide) groups is 1. The molecule has 2 aliphatic heterocycles. The zero-order valence-corrected chi connectivity index (χ0v) is 22.8. The first-order valence-corrected chi connectivity index (χ1v) is 14.2. The minimum absolute atomic E-state index is 0.114. The predicted octanol–water partition coefficient (Wildman–Crippen LogP) is 3.49. The Hall–Kier alpha value is -3.23. The van der Waals surface area contributed by atoms with Gasteiger partial charge in [-0.05, 0) is 43.2 Å². The lowest BCUT2D eigenvalue weighted by molar-refractivity contribution is -0.898. The van der Waals surface area contributed by atoms with Crippen LogP contribution in [0.25, 0.3) is 6.08 Å². The Kier molecular flexibility index (Phi) is 8.39. The summed E-state index contributed by atoms with van der Waals surface area (Å²) in [5, 5.41) is 1.04. The molecule has 1 amide bonds. The van der Waals surface area contributed by atoms with Crippen LogP contribution in [-0.2, 0) is 4.79 Å². The fourth-order valence-electron chi connectivity index (χ4n) is 5.48. The Morgan fingerprint density at radius 2 is 1.82 bits per heavy atom. The molecule has 3 aromatic rings. The van der Waals surface area contributed by atoms with Gasteiger partial charge in [0.2, 0.25) is 0 Å². The third-order valence-corrected chi connectivity index (χ3v) is 8.43. The number of anilines is 1. The molecule has 8 heteroatoms. The average Bonchev–Trinajstić information content (AvgIpc) is 3.30. The molecule has 2 saturated heterocycles. The highest BCUT2D eigenvalue weighted by Crippen LogP contribution is 2.26. The first-order valence-electron chi connectivity index (χ1n) is 13.3. The molecular weight excluding hydrogens is 497 g/mol. The molecule has 0 aliphatic carbocycles. The predicted molar refractivity (Wildman–Crippen MR) is 151 cm³/mol. The van der Waals surface area contributed by atoms with Crippen LogP contribution in [0.1, 0.15) is 24.6 Å². The van der Waals surface area contributed by atoms with E-state index < -0.39 is 0 Å². The monoisotopic (exact) mass is 532 g/mol. The molecule has 198 valence electrons. The lowest BCUT2D eigenvalue weighted by atomic mass is 10.1. The number of halogens is 1. The lowest BCUT2D eigenvalue weighted by Gasteiger charge is -2.37. The van der Waals surface area contributed by atoms with Crippen LogP contribution < -0.4 is 9.80 Å². The van der Waals surface area contributed by atoms with Crippen LogP contribution in [0.4, 0.5) is 10.1 Å². The Balaban J connectivity index is 1.28. The van der Waals surface area contributed by atoms with Crippen molar-refractivity contribution in [2.45, 2.75) is 36.7 Å². The number of aryl methyl sites for hydroxylation is 1. The number of rotatable bonds is 7. The maximum absolute atomic E-state index is 14.3. The van der Waals surface area contributed by atoms with E-state index in [0.717, 1.165) is 30.4 Å². The van der Waals surface area contributed by atoms with Gasteiger partial charge in [0.25, 0.3) is 5.91 Å². The summed E-state index contributed by atoms with van der Waals surface area (Å²) >= 11 is 1.68. The molecular formula is C30H35FN5OS+. The van der Waals surface area contributed by atoms with E-state index in [4.69, 9.17) is 0 Å². The van der Waals surface area contributed by atoms with E-state index in [2.05, 4.69) is 35.1 Å². The van der Waals surface area contributed by atoms with Gasteiger partial charge in [0, 0.05) is 44.5 Å². The molecule has 1 aromatic heterocycles. The molecule has 0 radical (unpaired) electrons. The lowest BCUT2D eigenvalue weighted by Crippen LogP contribution is -3.15. The van der Waals surface area contributed by atoms with Crippen molar-refractivity contribution in [3.8, 4) is 0 Å². The van der Waals surface area contributed by atoms with Crippen molar-refractivity contribution >= 4 is 29.4 Å². The van der Waals surface area contributed by atoms with Crippen LogP contribution in [0.15, 0.2) is 77.6 Å². The number of hydrogen-bond acceptors (Lipinski definition) is 5. The molecule has 5 rings (SSSR count). The number of hydrogen-bond donors (Lipinski definition) is 1. The van der Waals surface area contributed by atoms with E-state index in [-0.39, 0.29) is 23.0 Å². The first kappa shape index (κ1) is 26.4. The largest absolute Gasteiger partial charge is 0.366 e. The number of likely N-dealkylation sites (tertiary alicyclic amines) is 1. The summed E-state index contributed by atoms with van der Waals surface area (Å²) in [4.78, 5) is 28.2. The summed E-state index contributed by atoms with van der Waals surface area (Å²) in [6.45, 7) is 8.30. The number of para-hydroxylation sites is 1. The van der Waals surface area contributed by atoms with Crippen LogP contribution >= 0.6 is 11.8 Å². The Morgan fingerprint density at radius 3 is 2.55 bits per heavy atom. The molecule has 0 bridgehead atoms. The van der Waals surface area contributed by atoms with Gasteiger partial charge in [-0.2, -0.15) is 0 Å². The zero-order valence-electron chi connectivity index (χ0n) is 22.0. The molecule has 2 fully saturated rings. The van der Waals surface area contributed by atoms with Crippen molar-refractivity contribution in [1.82, 2.24) is 14.9 Å². The maximum atomic E-state index is 14.3. The number of benzene rings is 2. The highest BCUT2D eigenvalue weighted by molar-refractivity contribution is 7.99. The summed E-state index contributed by atoms with van der Waals surface area (Å²) in [5.74, 6) is -0.00782.